The molecular formula is C21H20N4O. The maximum Gasteiger partial charge on any atom is 0.258 e. The lowest BCUT2D eigenvalue weighted by Crippen LogP contribution is -2.26. The molecule has 0 saturated heterocycles. The third-order valence-electron chi connectivity index (χ3n) is 4.56. The summed E-state index contributed by atoms with van der Waals surface area (Å²) in [5, 5.41) is 2.87. The molecule has 0 atom stereocenters. The number of carbonyl (C=O) groups is 1. The average molecular weight is 344 g/mol. The normalized spacial score (nSPS) is 13.2. The zero-order valence-corrected chi connectivity index (χ0v) is 14.6. The lowest BCUT2D eigenvalue weighted by molar-refractivity contribution is 0.102. The number of nitrogens with one attached hydrogen (secondary N) is 1. The van der Waals surface area contributed by atoms with Crippen LogP contribution in [0.4, 0.5) is 17.3 Å². The van der Waals surface area contributed by atoms with Gasteiger partial charge in [-0.15, -0.1) is 0 Å². The Hall–Kier alpha value is -3.21. The maximum absolute atomic E-state index is 12.4. The minimum absolute atomic E-state index is 0.209. The molecule has 1 aliphatic rings. The molecule has 0 radical (unpaired) electrons. The number of para-hydroxylation sites is 1. The first-order chi connectivity index (χ1) is 12.7. The maximum atomic E-state index is 12.4. The van der Waals surface area contributed by atoms with E-state index in [1.54, 1.807) is 12.4 Å². The van der Waals surface area contributed by atoms with Gasteiger partial charge in [-0.3, -0.25) is 4.79 Å². The van der Waals surface area contributed by atoms with E-state index < -0.39 is 0 Å². The molecule has 1 aromatic heterocycles. The number of carbonyl (C=O) groups excluding carboxylic acids is 1. The number of nitrogens with zero attached hydrogens (tertiary/aromatic N) is 3. The van der Waals surface area contributed by atoms with Gasteiger partial charge in [0, 0.05) is 30.3 Å². The van der Waals surface area contributed by atoms with Crippen LogP contribution in [0.2, 0.25) is 0 Å². The highest BCUT2D eigenvalue weighted by Crippen LogP contribution is 2.31. The molecule has 5 heteroatoms. The Morgan fingerprint density at radius 3 is 2.54 bits per heavy atom. The van der Waals surface area contributed by atoms with E-state index >= 15 is 0 Å². The van der Waals surface area contributed by atoms with Crippen molar-refractivity contribution in [3.63, 3.8) is 0 Å². The van der Waals surface area contributed by atoms with Gasteiger partial charge in [0.05, 0.1) is 5.56 Å². The lowest BCUT2D eigenvalue weighted by Gasteiger charge is -2.29. The minimum Gasteiger partial charge on any atom is -0.322 e. The van der Waals surface area contributed by atoms with Gasteiger partial charge in [0.1, 0.15) is 0 Å². The Morgan fingerprint density at radius 1 is 1.04 bits per heavy atom. The summed E-state index contributed by atoms with van der Waals surface area (Å²) in [7, 11) is 0. The Labute approximate surface area is 152 Å². The second-order valence-corrected chi connectivity index (χ2v) is 6.48. The van der Waals surface area contributed by atoms with Crippen LogP contribution in [0, 0.1) is 6.92 Å². The lowest BCUT2D eigenvalue weighted by atomic mass is 10.0. The standard InChI is InChI=1S/C21H20N4O/c1-15-8-10-18(11-9-15)24-20(26)17-13-22-21(23-14-17)25-12-4-6-16-5-2-3-7-19(16)25/h2-3,5,7-11,13-14H,4,6,12H2,1H3,(H,24,26). The fourth-order valence-electron chi connectivity index (χ4n) is 3.16. The van der Waals surface area contributed by atoms with Gasteiger partial charge in [-0.05, 0) is 43.5 Å². The molecule has 4 rings (SSSR count). The van der Waals surface area contributed by atoms with Crippen LogP contribution in [0.1, 0.15) is 27.9 Å². The summed E-state index contributed by atoms with van der Waals surface area (Å²) in [4.78, 5) is 23.4. The Kier molecular flexibility index (Phi) is 4.35. The first-order valence-corrected chi connectivity index (χ1v) is 8.76. The first kappa shape index (κ1) is 16.3. The fraction of sp³-hybridized carbons (Fsp3) is 0.190. The summed E-state index contributed by atoms with van der Waals surface area (Å²) in [6.07, 6.45) is 5.31. The van der Waals surface area contributed by atoms with Gasteiger partial charge in [-0.2, -0.15) is 0 Å². The molecular weight excluding hydrogens is 324 g/mol. The molecule has 26 heavy (non-hydrogen) atoms. The number of aromatic nitrogens is 2. The van der Waals surface area contributed by atoms with E-state index in [9.17, 15) is 4.79 Å². The molecule has 130 valence electrons. The summed E-state index contributed by atoms with van der Waals surface area (Å²) in [6, 6.07) is 16.0. The largest absolute Gasteiger partial charge is 0.322 e. The van der Waals surface area contributed by atoms with Crippen LogP contribution in [0.5, 0.6) is 0 Å². The van der Waals surface area contributed by atoms with Crippen LogP contribution < -0.4 is 10.2 Å². The molecule has 1 N–H and O–H groups in total. The molecule has 1 aliphatic heterocycles. The van der Waals surface area contributed by atoms with Crippen LogP contribution in [0.25, 0.3) is 0 Å². The smallest absolute Gasteiger partial charge is 0.258 e. The van der Waals surface area contributed by atoms with Crippen molar-refractivity contribution in [2.24, 2.45) is 0 Å². The van der Waals surface area contributed by atoms with Crippen molar-refractivity contribution in [1.82, 2.24) is 9.97 Å². The Balaban J connectivity index is 1.52. The van der Waals surface area contributed by atoms with Crippen molar-refractivity contribution in [3.05, 3.63) is 77.6 Å². The number of fused-ring (bicyclic) bond motifs is 1. The van der Waals surface area contributed by atoms with E-state index in [4.69, 9.17) is 0 Å². The zero-order chi connectivity index (χ0) is 17.9. The van der Waals surface area contributed by atoms with Crippen molar-refractivity contribution in [2.75, 3.05) is 16.8 Å². The van der Waals surface area contributed by atoms with E-state index in [-0.39, 0.29) is 5.91 Å². The number of benzene rings is 2. The van der Waals surface area contributed by atoms with Crippen LogP contribution in [-0.2, 0) is 6.42 Å². The zero-order valence-electron chi connectivity index (χ0n) is 14.6. The summed E-state index contributed by atoms with van der Waals surface area (Å²) in [5.74, 6) is 0.420. The van der Waals surface area contributed by atoms with E-state index in [1.807, 2.05) is 37.3 Å². The second-order valence-electron chi connectivity index (χ2n) is 6.48. The Morgan fingerprint density at radius 2 is 1.77 bits per heavy atom. The third-order valence-corrected chi connectivity index (χ3v) is 4.56. The highest BCUT2D eigenvalue weighted by Gasteiger charge is 2.20. The van der Waals surface area contributed by atoms with Crippen molar-refractivity contribution < 1.29 is 4.79 Å². The predicted molar refractivity (Wildman–Crippen MR) is 103 cm³/mol. The highest BCUT2D eigenvalue weighted by atomic mass is 16.1. The van der Waals surface area contributed by atoms with Crippen molar-refractivity contribution in [1.29, 1.82) is 0 Å². The Bertz CT molecular complexity index is 920. The molecule has 5 nitrogen and oxygen atoms in total. The number of amides is 1. The molecule has 2 heterocycles. The topological polar surface area (TPSA) is 58.1 Å². The molecule has 0 unspecified atom stereocenters. The number of hydrogen-bond donors (Lipinski definition) is 1. The van der Waals surface area contributed by atoms with E-state index in [0.29, 0.717) is 11.5 Å². The molecule has 0 aliphatic carbocycles. The number of rotatable bonds is 3. The molecule has 2 aromatic carbocycles. The highest BCUT2D eigenvalue weighted by molar-refractivity contribution is 6.03. The van der Waals surface area contributed by atoms with E-state index in [2.05, 4.69) is 38.4 Å². The van der Waals surface area contributed by atoms with Gasteiger partial charge in [0.25, 0.3) is 5.91 Å². The number of anilines is 3. The van der Waals surface area contributed by atoms with Gasteiger partial charge in [0.15, 0.2) is 0 Å². The molecule has 1 amide bonds. The quantitative estimate of drug-likeness (QED) is 0.776. The fourth-order valence-corrected chi connectivity index (χ4v) is 3.16. The first-order valence-electron chi connectivity index (χ1n) is 8.76. The molecule has 0 saturated carbocycles. The molecule has 0 fully saturated rings. The van der Waals surface area contributed by atoms with Gasteiger partial charge < -0.3 is 10.2 Å². The SMILES string of the molecule is Cc1ccc(NC(=O)c2cnc(N3CCCc4ccccc43)nc2)cc1. The second kappa shape index (κ2) is 6.96. The molecule has 3 aromatic rings. The predicted octanol–water partition coefficient (Wildman–Crippen LogP) is 4.12. The van der Waals surface area contributed by atoms with Crippen LogP contribution in [0.15, 0.2) is 60.9 Å². The van der Waals surface area contributed by atoms with Gasteiger partial charge >= 0.3 is 0 Å². The van der Waals surface area contributed by atoms with Gasteiger partial charge in [-0.25, -0.2) is 9.97 Å². The molecule has 0 bridgehead atoms. The monoisotopic (exact) mass is 344 g/mol. The summed E-state index contributed by atoms with van der Waals surface area (Å²) in [5.41, 5.74) is 4.81. The average Bonchev–Trinajstić information content (AvgIpc) is 2.69. The van der Waals surface area contributed by atoms with E-state index in [1.165, 1.54) is 5.56 Å². The third kappa shape index (κ3) is 3.28. The van der Waals surface area contributed by atoms with E-state index in [0.717, 1.165) is 36.3 Å². The van der Waals surface area contributed by atoms with Gasteiger partial charge in [-0.1, -0.05) is 35.9 Å². The van der Waals surface area contributed by atoms with Crippen LogP contribution >= 0.6 is 0 Å². The summed E-state index contributed by atoms with van der Waals surface area (Å²) in [6.45, 7) is 2.89. The van der Waals surface area contributed by atoms with Crippen molar-refractivity contribution in [3.8, 4) is 0 Å². The van der Waals surface area contributed by atoms with Crippen LogP contribution in [-0.4, -0.2) is 22.4 Å². The van der Waals surface area contributed by atoms with Crippen molar-refractivity contribution in [2.45, 2.75) is 19.8 Å². The summed E-state index contributed by atoms with van der Waals surface area (Å²) >= 11 is 0. The summed E-state index contributed by atoms with van der Waals surface area (Å²) < 4.78 is 0. The van der Waals surface area contributed by atoms with Crippen LogP contribution in [0.3, 0.4) is 0 Å². The number of hydrogen-bond acceptors (Lipinski definition) is 4. The minimum atomic E-state index is -0.209. The number of aryl methyl sites for hydroxylation is 2. The van der Waals surface area contributed by atoms with Crippen molar-refractivity contribution >= 4 is 23.2 Å². The molecule has 0 spiro atoms. The van der Waals surface area contributed by atoms with Gasteiger partial charge in [0.2, 0.25) is 5.95 Å².